The monoisotopic (exact) mass is 198 g/mol. The Morgan fingerprint density at radius 3 is 2.50 bits per heavy atom. The Kier molecular flexibility index (Phi) is 4.20. The molecule has 0 spiro atoms. The largest absolute Gasteiger partial charge is 0.344 e. The average Bonchev–Trinajstić information content (AvgIpc) is 2.43. The van der Waals surface area contributed by atoms with E-state index in [1.807, 2.05) is 11.9 Å². The minimum Gasteiger partial charge on any atom is -0.344 e. The van der Waals surface area contributed by atoms with Crippen molar-refractivity contribution in [2.75, 3.05) is 47.3 Å². The normalized spacial score (nSPS) is 17.3. The van der Waals surface area contributed by atoms with Crippen LogP contribution in [0, 0.1) is 5.41 Å². The lowest BCUT2D eigenvalue weighted by atomic mass is 10.3. The van der Waals surface area contributed by atoms with Crippen LogP contribution in [0.3, 0.4) is 0 Å². The summed E-state index contributed by atoms with van der Waals surface area (Å²) >= 11 is 0. The van der Waals surface area contributed by atoms with Gasteiger partial charge in [0.1, 0.15) is 0 Å². The van der Waals surface area contributed by atoms with Crippen LogP contribution >= 0.6 is 0 Å². The quantitative estimate of drug-likeness (QED) is 0.654. The molecule has 1 aliphatic rings. The molecule has 0 unspecified atom stereocenters. The molecule has 0 aromatic carbocycles. The maximum atomic E-state index is 7.77. The molecule has 0 aliphatic carbocycles. The molecule has 1 rings (SSSR count). The molecule has 0 saturated carbocycles. The van der Waals surface area contributed by atoms with Gasteiger partial charge in [-0.25, -0.2) is 0 Å². The number of nitrogens with zero attached hydrogens (tertiary/aromatic N) is 3. The average molecular weight is 198 g/mol. The second kappa shape index (κ2) is 5.20. The summed E-state index contributed by atoms with van der Waals surface area (Å²) < 4.78 is 0. The van der Waals surface area contributed by atoms with Crippen molar-refractivity contribution in [1.82, 2.24) is 14.7 Å². The van der Waals surface area contributed by atoms with Gasteiger partial charge < -0.3 is 14.7 Å². The van der Waals surface area contributed by atoms with Crippen LogP contribution in [-0.4, -0.2) is 68.0 Å². The lowest BCUT2D eigenvalue weighted by Gasteiger charge is -2.19. The highest BCUT2D eigenvalue weighted by Crippen LogP contribution is 2.06. The van der Waals surface area contributed by atoms with E-state index in [2.05, 4.69) is 23.9 Å². The van der Waals surface area contributed by atoms with Crippen molar-refractivity contribution in [3.8, 4) is 0 Å². The standard InChI is InChI=1S/C10H22N4/c1-12(2)6-4-5-7-14-9-8-13(3)10(14)11/h11H,4-9H2,1-3H3. The van der Waals surface area contributed by atoms with Crippen LogP contribution in [0.15, 0.2) is 0 Å². The van der Waals surface area contributed by atoms with E-state index in [-0.39, 0.29) is 0 Å². The van der Waals surface area contributed by atoms with Gasteiger partial charge in [-0.2, -0.15) is 0 Å². The first-order valence-electron chi connectivity index (χ1n) is 5.30. The fourth-order valence-electron chi connectivity index (χ4n) is 1.67. The summed E-state index contributed by atoms with van der Waals surface area (Å²) in [7, 11) is 6.19. The second-order valence-corrected chi connectivity index (χ2v) is 4.24. The zero-order chi connectivity index (χ0) is 10.6. The third-order valence-corrected chi connectivity index (χ3v) is 2.65. The Hall–Kier alpha value is -0.770. The van der Waals surface area contributed by atoms with Crippen molar-refractivity contribution >= 4 is 5.96 Å². The van der Waals surface area contributed by atoms with Gasteiger partial charge in [0.15, 0.2) is 5.96 Å². The van der Waals surface area contributed by atoms with Crippen molar-refractivity contribution in [3.63, 3.8) is 0 Å². The molecule has 1 saturated heterocycles. The maximum absolute atomic E-state index is 7.77. The van der Waals surface area contributed by atoms with Gasteiger partial charge >= 0.3 is 0 Å². The number of unbranched alkanes of at least 4 members (excludes halogenated alkanes) is 1. The molecule has 0 bridgehead atoms. The first-order valence-corrected chi connectivity index (χ1v) is 5.30. The third-order valence-electron chi connectivity index (χ3n) is 2.65. The van der Waals surface area contributed by atoms with Gasteiger partial charge in [0.2, 0.25) is 0 Å². The molecule has 4 heteroatoms. The van der Waals surface area contributed by atoms with E-state index in [0.29, 0.717) is 5.96 Å². The van der Waals surface area contributed by atoms with E-state index in [1.54, 1.807) is 0 Å². The van der Waals surface area contributed by atoms with Gasteiger partial charge in [0.25, 0.3) is 0 Å². The first kappa shape index (κ1) is 11.3. The molecule has 82 valence electrons. The second-order valence-electron chi connectivity index (χ2n) is 4.24. The minimum absolute atomic E-state index is 0.690. The SMILES string of the molecule is CN(C)CCCCN1CCN(C)C1=N. The Balaban J connectivity index is 2.10. The lowest BCUT2D eigenvalue weighted by molar-refractivity contribution is 0.371. The summed E-state index contributed by atoms with van der Waals surface area (Å²) in [5.41, 5.74) is 0. The number of hydrogen-bond donors (Lipinski definition) is 1. The zero-order valence-electron chi connectivity index (χ0n) is 9.58. The maximum Gasteiger partial charge on any atom is 0.193 e. The Labute approximate surface area is 87.0 Å². The third kappa shape index (κ3) is 3.18. The Bertz CT molecular complexity index is 191. The summed E-state index contributed by atoms with van der Waals surface area (Å²) in [6.07, 6.45) is 2.41. The molecule has 4 nitrogen and oxygen atoms in total. The van der Waals surface area contributed by atoms with E-state index in [1.165, 1.54) is 12.8 Å². The zero-order valence-corrected chi connectivity index (χ0v) is 9.58. The molecule has 0 atom stereocenters. The molecular formula is C10H22N4. The summed E-state index contributed by atoms with van der Waals surface area (Å²) in [6.45, 7) is 4.22. The van der Waals surface area contributed by atoms with Crippen molar-refractivity contribution in [2.45, 2.75) is 12.8 Å². The number of rotatable bonds is 5. The van der Waals surface area contributed by atoms with Gasteiger partial charge in [-0.1, -0.05) is 0 Å². The van der Waals surface area contributed by atoms with Crippen molar-refractivity contribution < 1.29 is 0 Å². The van der Waals surface area contributed by atoms with E-state index in [4.69, 9.17) is 5.41 Å². The fraction of sp³-hybridized carbons (Fsp3) is 0.900. The highest BCUT2D eigenvalue weighted by molar-refractivity contribution is 5.78. The van der Waals surface area contributed by atoms with Crippen LogP contribution in [0.1, 0.15) is 12.8 Å². The van der Waals surface area contributed by atoms with Crippen LogP contribution < -0.4 is 0 Å². The summed E-state index contributed by atoms with van der Waals surface area (Å²) in [4.78, 5) is 6.38. The molecule has 0 aromatic rings. The molecule has 1 aliphatic heterocycles. The molecule has 0 radical (unpaired) electrons. The smallest absolute Gasteiger partial charge is 0.193 e. The molecule has 1 N–H and O–H groups in total. The van der Waals surface area contributed by atoms with Crippen LogP contribution in [-0.2, 0) is 0 Å². The van der Waals surface area contributed by atoms with E-state index < -0.39 is 0 Å². The molecular weight excluding hydrogens is 176 g/mol. The highest BCUT2D eigenvalue weighted by Gasteiger charge is 2.20. The Morgan fingerprint density at radius 1 is 1.29 bits per heavy atom. The van der Waals surface area contributed by atoms with Crippen molar-refractivity contribution in [3.05, 3.63) is 0 Å². The van der Waals surface area contributed by atoms with Gasteiger partial charge in [-0.15, -0.1) is 0 Å². The molecule has 0 aromatic heterocycles. The van der Waals surface area contributed by atoms with Crippen LogP contribution in [0.4, 0.5) is 0 Å². The summed E-state index contributed by atoms with van der Waals surface area (Å²) in [6, 6.07) is 0. The van der Waals surface area contributed by atoms with Gasteiger partial charge in [-0.05, 0) is 33.5 Å². The van der Waals surface area contributed by atoms with Crippen LogP contribution in [0.5, 0.6) is 0 Å². The summed E-state index contributed by atoms with van der Waals surface area (Å²) in [5, 5.41) is 7.77. The van der Waals surface area contributed by atoms with Gasteiger partial charge in [0.05, 0.1) is 0 Å². The molecule has 0 amide bonds. The highest BCUT2D eigenvalue weighted by atomic mass is 15.4. The summed E-state index contributed by atoms with van der Waals surface area (Å²) in [5.74, 6) is 0.690. The van der Waals surface area contributed by atoms with Crippen molar-refractivity contribution in [1.29, 1.82) is 5.41 Å². The fourth-order valence-corrected chi connectivity index (χ4v) is 1.67. The number of guanidine groups is 1. The molecule has 1 fully saturated rings. The molecule has 1 heterocycles. The van der Waals surface area contributed by atoms with Crippen LogP contribution in [0.2, 0.25) is 0 Å². The van der Waals surface area contributed by atoms with Crippen LogP contribution in [0.25, 0.3) is 0 Å². The van der Waals surface area contributed by atoms with E-state index in [9.17, 15) is 0 Å². The van der Waals surface area contributed by atoms with Crippen molar-refractivity contribution in [2.24, 2.45) is 0 Å². The Morgan fingerprint density at radius 2 is 2.00 bits per heavy atom. The van der Waals surface area contributed by atoms with Gasteiger partial charge in [-0.3, -0.25) is 5.41 Å². The lowest BCUT2D eigenvalue weighted by Crippen LogP contribution is -2.31. The predicted octanol–water partition coefficient (Wildman–Crippen LogP) is 0.510. The topological polar surface area (TPSA) is 33.6 Å². The number of likely N-dealkylation sites (N-methyl/N-ethyl adjacent to an activating group) is 1. The van der Waals surface area contributed by atoms with E-state index >= 15 is 0 Å². The predicted molar refractivity (Wildman–Crippen MR) is 59.7 cm³/mol. The number of hydrogen-bond acceptors (Lipinski definition) is 2. The molecule has 14 heavy (non-hydrogen) atoms. The first-order chi connectivity index (χ1) is 6.61. The van der Waals surface area contributed by atoms with E-state index in [0.717, 1.165) is 26.2 Å². The minimum atomic E-state index is 0.690. The van der Waals surface area contributed by atoms with Gasteiger partial charge in [0, 0.05) is 26.7 Å². The number of nitrogens with one attached hydrogen (secondary N) is 1.